The summed E-state index contributed by atoms with van der Waals surface area (Å²) in [5.41, 5.74) is 0.623. The van der Waals surface area contributed by atoms with Crippen LogP contribution in [0.4, 0.5) is 5.69 Å². The fourth-order valence-corrected chi connectivity index (χ4v) is 2.62. The Hall–Kier alpha value is -2.57. The Balaban J connectivity index is 1.79. The molecule has 0 radical (unpaired) electrons. The number of rotatable bonds is 10. The van der Waals surface area contributed by atoms with Gasteiger partial charge in [-0.3, -0.25) is 14.4 Å². The van der Waals surface area contributed by atoms with Gasteiger partial charge in [-0.05, 0) is 49.4 Å². The van der Waals surface area contributed by atoms with E-state index in [4.69, 9.17) is 4.74 Å². The lowest BCUT2D eigenvalue weighted by Gasteiger charge is -2.25. The molecular formula is C20H29N3O4. The van der Waals surface area contributed by atoms with Crippen molar-refractivity contribution >= 4 is 23.4 Å². The lowest BCUT2D eigenvalue weighted by Crippen LogP contribution is -2.45. The van der Waals surface area contributed by atoms with Crippen molar-refractivity contribution in [2.75, 3.05) is 32.1 Å². The second-order valence-corrected chi connectivity index (χ2v) is 7.02. The van der Waals surface area contributed by atoms with E-state index >= 15 is 0 Å². The Kier molecular flexibility index (Phi) is 7.64. The standard InChI is InChI=1S/C20H29N3O4/c1-4-14(2)20(26)23(12-15-5-6-15)13-19(25)21-11-18(24)22-16-7-9-17(27-3)10-8-16/h7-10,14-15H,4-6,11-13H2,1-3H3,(H,21,25)(H,22,24)/t14-/m1/s1. The summed E-state index contributed by atoms with van der Waals surface area (Å²) in [6.07, 6.45) is 2.96. The molecule has 0 bridgehead atoms. The van der Waals surface area contributed by atoms with E-state index < -0.39 is 0 Å². The van der Waals surface area contributed by atoms with E-state index in [9.17, 15) is 14.4 Å². The van der Waals surface area contributed by atoms with Gasteiger partial charge in [0.15, 0.2) is 0 Å². The number of carbonyl (C=O) groups is 3. The highest BCUT2D eigenvalue weighted by Crippen LogP contribution is 2.30. The molecule has 0 saturated heterocycles. The van der Waals surface area contributed by atoms with E-state index in [1.807, 2.05) is 13.8 Å². The number of anilines is 1. The number of methoxy groups -OCH3 is 1. The fraction of sp³-hybridized carbons (Fsp3) is 0.550. The van der Waals surface area contributed by atoms with Gasteiger partial charge >= 0.3 is 0 Å². The first-order valence-electron chi connectivity index (χ1n) is 9.42. The van der Waals surface area contributed by atoms with Gasteiger partial charge in [0.25, 0.3) is 0 Å². The van der Waals surface area contributed by atoms with Gasteiger partial charge in [0.1, 0.15) is 5.75 Å². The Bertz CT molecular complexity index is 656. The Labute approximate surface area is 160 Å². The first kappa shape index (κ1) is 20.7. The molecule has 1 aromatic rings. The van der Waals surface area contributed by atoms with Crippen molar-refractivity contribution in [1.29, 1.82) is 0 Å². The first-order valence-corrected chi connectivity index (χ1v) is 9.42. The molecule has 1 aliphatic rings. The highest BCUT2D eigenvalue weighted by Gasteiger charge is 2.29. The lowest BCUT2D eigenvalue weighted by atomic mass is 10.1. The largest absolute Gasteiger partial charge is 0.497 e. The molecule has 1 fully saturated rings. The number of carbonyl (C=O) groups excluding carboxylic acids is 3. The molecule has 7 nitrogen and oxygen atoms in total. The van der Waals surface area contributed by atoms with Crippen molar-refractivity contribution < 1.29 is 19.1 Å². The molecule has 0 aromatic heterocycles. The van der Waals surface area contributed by atoms with Crippen molar-refractivity contribution in [3.05, 3.63) is 24.3 Å². The normalized spacial score (nSPS) is 14.2. The van der Waals surface area contributed by atoms with Gasteiger partial charge in [0.2, 0.25) is 17.7 Å². The van der Waals surface area contributed by atoms with Gasteiger partial charge in [0.05, 0.1) is 20.2 Å². The number of amides is 3. The van der Waals surface area contributed by atoms with Crippen LogP contribution in [0.15, 0.2) is 24.3 Å². The molecular weight excluding hydrogens is 346 g/mol. The SMILES string of the molecule is CC[C@@H](C)C(=O)N(CC(=O)NCC(=O)Nc1ccc(OC)cc1)CC1CC1. The van der Waals surface area contributed by atoms with Gasteiger partial charge in [-0.15, -0.1) is 0 Å². The van der Waals surface area contributed by atoms with Gasteiger partial charge in [-0.1, -0.05) is 13.8 Å². The van der Waals surface area contributed by atoms with Gasteiger partial charge in [-0.2, -0.15) is 0 Å². The Morgan fingerprint density at radius 1 is 1.19 bits per heavy atom. The lowest BCUT2D eigenvalue weighted by molar-refractivity contribution is -0.139. The monoisotopic (exact) mass is 375 g/mol. The van der Waals surface area contributed by atoms with Crippen LogP contribution in [0.25, 0.3) is 0 Å². The smallest absolute Gasteiger partial charge is 0.243 e. The van der Waals surface area contributed by atoms with Crippen LogP contribution in [-0.2, 0) is 14.4 Å². The second kappa shape index (κ2) is 9.94. The number of ether oxygens (including phenoxy) is 1. The molecule has 1 aromatic carbocycles. The third-order valence-electron chi connectivity index (χ3n) is 4.68. The van der Waals surface area contributed by atoms with E-state index in [2.05, 4.69) is 10.6 Å². The third kappa shape index (κ3) is 6.92. The zero-order chi connectivity index (χ0) is 19.8. The summed E-state index contributed by atoms with van der Waals surface area (Å²) in [4.78, 5) is 38.3. The quantitative estimate of drug-likeness (QED) is 0.655. The van der Waals surface area contributed by atoms with E-state index in [-0.39, 0.29) is 36.7 Å². The summed E-state index contributed by atoms with van der Waals surface area (Å²) in [7, 11) is 1.57. The molecule has 0 unspecified atom stereocenters. The number of hydrogen-bond acceptors (Lipinski definition) is 4. The predicted molar refractivity (Wildman–Crippen MR) is 103 cm³/mol. The fourth-order valence-electron chi connectivity index (χ4n) is 2.62. The zero-order valence-electron chi connectivity index (χ0n) is 16.3. The van der Waals surface area contributed by atoms with Crippen molar-refractivity contribution in [3.63, 3.8) is 0 Å². The van der Waals surface area contributed by atoms with Crippen LogP contribution in [0, 0.1) is 11.8 Å². The predicted octanol–water partition coefficient (Wildman–Crippen LogP) is 2.03. The highest BCUT2D eigenvalue weighted by molar-refractivity contribution is 5.95. The molecule has 2 N–H and O–H groups in total. The number of nitrogens with zero attached hydrogens (tertiary/aromatic N) is 1. The average Bonchev–Trinajstić information content (AvgIpc) is 3.49. The molecule has 148 valence electrons. The summed E-state index contributed by atoms with van der Waals surface area (Å²) >= 11 is 0. The van der Waals surface area contributed by atoms with Gasteiger partial charge < -0.3 is 20.3 Å². The summed E-state index contributed by atoms with van der Waals surface area (Å²) in [5.74, 6) is 0.456. The third-order valence-corrected chi connectivity index (χ3v) is 4.68. The van der Waals surface area contributed by atoms with Crippen LogP contribution in [0.2, 0.25) is 0 Å². The highest BCUT2D eigenvalue weighted by atomic mass is 16.5. The minimum atomic E-state index is -0.324. The summed E-state index contributed by atoms with van der Waals surface area (Å²) in [6.45, 7) is 4.31. The van der Waals surface area contributed by atoms with Crippen molar-refractivity contribution in [2.24, 2.45) is 11.8 Å². The molecule has 0 aliphatic heterocycles. The zero-order valence-corrected chi connectivity index (χ0v) is 16.3. The molecule has 27 heavy (non-hydrogen) atoms. The van der Waals surface area contributed by atoms with Crippen molar-refractivity contribution in [2.45, 2.75) is 33.1 Å². The van der Waals surface area contributed by atoms with Crippen LogP contribution >= 0.6 is 0 Å². The van der Waals surface area contributed by atoms with Gasteiger partial charge in [0, 0.05) is 18.2 Å². The average molecular weight is 375 g/mol. The number of nitrogens with one attached hydrogen (secondary N) is 2. The molecule has 1 saturated carbocycles. The molecule has 3 amide bonds. The minimum absolute atomic E-state index is 0.00207. The molecule has 1 atom stereocenters. The van der Waals surface area contributed by atoms with Crippen molar-refractivity contribution in [3.8, 4) is 5.75 Å². The summed E-state index contributed by atoms with van der Waals surface area (Å²) in [5, 5.41) is 5.30. The minimum Gasteiger partial charge on any atom is -0.497 e. The van der Waals surface area contributed by atoms with Crippen LogP contribution in [-0.4, -0.2) is 49.4 Å². The number of benzene rings is 1. The van der Waals surface area contributed by atoms with Crippen LogP contribution in [0.1, 0.15) is 33.1 Å². The molecule has 7 heteroatoms. The van der Waals surface area contributed by atoms with E-state index in [0.29, 0.717) is 23.9 Å². The molecule has 0 spiro atoms. The maximum Gasteiger partial charge on any atom is 0.243 e. The van der Waals surface area contributed by atoms with Crippen LogP contribution in [0.5, 0.6) is 5.75 Å². The van der Waals surface area contributed by atoms with Crippen molar-refractivity contribution in [1.82, 2.24) is 10.2 Å². The van der Waals surface area contributed by atoms with Crippen LogP contribution < -0.4 is 15.4 Å². The first-order chi connectivity index (χ1) is 12.9. The van der Waals surface area contributed by atoms with E-state index in [0.717, 1.165) is 19.3 Å². The van der Waals surface area contributed by atoms with E-state index in [1.165, 1.54) is 0 Å². The maximum absolute atomic E-state index is 12.5. The topological polar surface area (TPSA) is 87.7 Å². The summed E-state index contributed by atoms with van der Waals surface area (Å²) in [6, 6.07) is 6.93. The van der Waals surface area contributed by atoms with Crippen LogP contribution in [0.3, 0.4) is 0 Å². The second-order valence-electron chi connectivity index (χ2n) is 7.02. The summed E-state index contributed by atoms with van der Waals surface area (Å²) < 4.78 is 5.06. The van der Waals surface area contributed by atoms with E-state index in [1.54, 1.807) is 36.3 Å². The number of hydrogen-bond donors (Lipinski definition) is 2. The molecule has 1 aliphatic carbocycles. The Morgan fingerprint density at radius 3 is 2.41 bits per heavy atom. The molecule has 0 heterocycles. The molecule has 2 rings (SSSR count). The Morgan fingerprint density at radius 2 is 1.85 bits per heavy atom. The maximum atomic E-state index is 12.5. The van der Waals surface area contributed by atoms with Gasteiger partial charge in [-0.25, -0.2) is 0 Å².